The highest BCUT2D eigenvalue weighted by atomic mass is 16.1. The standard InChI is InChI=1S/C11H18N4O/c1-15(2)10-3-5-13-7-9(10)8-14-6-4-11(12)16/h3,5,7,14H,4,6,8H2,1-2H3,(H2,12,16). The number of rotatable bonds is 6. The first-order valence-electron chi connectivity index (χ1n) is 5.20. The minimum absolute atomic E-state index is 0.286. The van der Waals surface area contributed by atoms with Crippen molar-refractivity contribution >= 4 is 11.6 Å². The van der Waals surface area contributed by atoms with Crippen molar-refractivity contribution in [2.45, 2.75) is 13.0 Å². The Bertz CT molecular complexity index is 352. The van der Waals surface area contributed by atoms with Gasteiger partial charge in [-0.2, -0.15) is 0 Å². The van der Waals surface area contributed by atoms with Crippen LogP contribution in [0.3, 0.4) is 0 Å². The van der Waals surface area contributed by atoms with Crippen molar-refractivity contribution in [3.05, 3.63) is 24.0 Å². The van der Waals surface area contributed by atoms with Gasteiger partial charge in [0.25, 0.3) is 0 Å². The van der Waals surface area contributed by atoms with E-state index in [0.29, 0.717) is 19.5 Å². The number of pyridine rings is 1. The van der Waals surface area contributed by atoms with E-state index in [1.54, 1.807) is 6.20 Å². The van der Waals surface area contributed by atoms with E-state index in [1.807, 2.05) is 31.3 Å². The van der Waals surface area contributed by atoms with Crippen molar-refractivity contribution in [2.24, 2.45) is 5.73 Å². The van der Waals surface area contributed by atoms with Crippen molar-refractivity contribution < 1.29 is 4.79 Å². The fourth-order valence-corrected chi connectivity index (χ4v) is 1.43. The Hall–Kier alpha value is -1.62. The minimum Gasteiger partial charge on any atom is -0.377 e. The summed E-state index contributed by atoms with van der Waals surface area (Å²) in [5.74, 6) is -0.286. The molecule has 1 amide bonds. The normalized spacial score (nSPS) is 10.1. The number of hydrogen-bond acceptors (Lipinski definition) is 4. The van der Waals surface area contributed by atoms with Gasteiger partial charge in [-0.25, -0.2) is 0 Å². The van der Waals surface area contributed by atoms with E-state index in [1.165, 1.54) is 0 Å². The lowest BCUT2D eigenvalue weighted by Crippen LogP contribution is -2.22. The predicted octanol–water partition coefficient (Wildman–Crippen LogP) is 0.113. The topological polar surface area (TPSA) is 71.2 Å². The monoisotopic (exact) mass is 222 g/mol. The summed E-state index contributed by atoms with van der Waals surface area (Å²) in [6.07, 6.45) is 3.95. The molecule has 5 nitrogen and oxygen atoms in total. The van der Waals surface area contributed by atoms with Gasteiger partial charge in [-0.3, -0.25) is 9.78 Å². The number of nitrogens with one attached hydrogen (secondary N) is 1. The molecule has 0 atom stereocenters. The maximum absolute atomic E-state index is 10.5. The van der Waals surface area contributed by atoms with Crippen LogP contribution < -0.4 is 16.0 Å². The predicted molar refractivity (Wildman–Crippen MR) is 64.1 cm³/mol. The van der Waals surface area contributed by atoms with Gasteiger partial charge in [0.15, 0.2) is 0 Å². The van der Waals surface area contributed by atoms with Crippen molar-refractivity contribution in [2.75, 3.05) is 25.5 Å². The van der Waals surface area contributed by atoms with E-state index in [2.05, 4.69) is 10.3 Å². The molecular formula is C11H18N4O. The smallest absolute Gasteiger partial charge is 0.218 e. The van der Waals surface area contributed by atoms with Crippen LogP contribution in [0, 0.1) is 0 Å². The Labute approximate surface area is 95.7 Å². The Balaban J connectivity index is 2.50. The molecule has 88 valence electrons. The summed E-state index contributed by atoms with van der Waals surface area (Å²) in [6, 6.07) is 1.96. The molecule has 1 heterocycles. The molecule has 0 bridgehead atoms. The Kier molecular flexibility index (Phi) is 4.72. The Morgan fingerprint density at radius 3 is 2.94 bits per heavy atom. The van der Waals surface area contributed by atoms with Crippen LogP contribution in [0.15, 0.2) is 18.5 Å². The maximum atomic E-state index is 10.5. The second-order valence-corrected chi connectivity index (χ2v) is 3.79. The molecule has 1 aromatic rings. The lowest BCUT2D eigenvalue weighted by molar-refractivity contribution is -0.117. The fraction of sp³-hybridized carbons (Fsp3) is 0.455. The van der Waals surface area contributed by atoms with Gasteiger partial charge in [0.05, 0.1) is 0 Å². The van der Waals surface area contributed by atoms with Gasteiger partial charge in [0, 0.05) is 57.3 Å². The third-order valence-electron chi connectivity index (χ3n) is 2.22. The molecule has 0 aliphatic rings. The summed E-state index contributed by atoms with van der Waals surface area (Å²) in [5.41, 5.74) is 7.29. The number of carbonyl (C=O) groups excluding carboxylic acids is 1. The number of nitrogens with zero attached hydrogens (tertiary/aromatic N) is 2. The molecule has 1 rings (SSSR count). The van der Waals surface area contributed by atoms with E-state index >= 15 is 0 Å². The molecule has 0 saturated heterocycles. The molecule has 0 saturated carbocycles. The molecule has 0 radical (unpaired) electrons. The zero-order valence-electron chi connectivity index (χ0n) is 9.73. The van der Waals surface area contributed by atoms with Gasteiger partial charge in [-0.05, 0) is 6.07 Å². The number of aromatic nitrogens is 1. The van der Waals surface area contributed by atoms with Crippen molar-refractivity contribution in [1.82, 2.24) is 10.3 Å². The first-order chi connectivity index (χ1) is 7.61. The van der Waals surface area contributed by atoms with Crippen LogP contribution in [0.5, 0.6) is 0 Å². The summed E-state index contributed by atoms with van der Waals surface area (Å²) < 4.78 is 0. The quantitative estimate of drug-likeness (QED) is 0.670. The lowest BCUT2D eigenvalue weighted by Gasteiger charge is -2.16. The average molecular weight is 222 g/mol. The number of carbonyl (C=O) groups is 1. The maximum Gasteiger partial charge on any atom is 0.218 e. The number of nitrogens with two attached hydrogens (primary N) is 1. The number of hydrogen-bond donors (Lipinski definition) is 2. The molecule has 0 unspecified atom stereocenters. The largest absolute Gasteiger partial charge is 0.377 e. The van der Waals surface area contributed by atoms with Crippen molar-refractivity contribution in [3.63, 3.8) is 0 Å². The van der Waals surface area contributed by atoms with Crippen LogP contribution in [0.1, 0.15) is 12.0 Å². The summed E-state index contributed by atoms with van der Waals surface area (Å²) in [5, 5.41) is 3.16. The van der Waals surface area contributed by atoms with Crippen LogP contribution >= 0.6 is 0 Å². The van der Waals surface area contributed by atoms with Gasteiger partial charge in [0.2, 0.25) is 5.91 Å². The lowest BCUT2D eigenvalue weighted by atomic mass is 10.2. The molecule has 0 aliphatic heterocycles. The molecule has 1 aromatic heterocycles. The second-order valence-electron chi connectivity index (χ2n) is 3.79. The van der Waals surface area contributed by atoms with Gasteiger partial charge in [-0.1, -0.05) is 0 Å². The minimum atomic E-state index is -0.286. The van der Waals surface area contributed by atoms with Crippen molar-refractivity contribution in [1.29, 1.82) is 0 Å². The first kappa shape index (κ1) is 12.4. The van der Waals surface area contributed by atoms with Gasteiger partial charge >= 0.3 is 0 Å². The molecule has 3 N–H and O–H groups in total. The van der Waals surface area contributed by atoms with E-state index in [9.17, 15) is 4.79 Å². The third-order valence-corrected chi connectivity index (χ3v) is 2.22. The number of primary amides is 1. The van der Waals surface area contributed by atoms with E-state index < -0.39 is 0 Å². The van der Waals surface area contributed by atoms with Crippen LogP contribution in [0.2, 0.25) is 0 Å². The van der Waals surface area contributed by atoms with Crippen molar-refractivity contribution in [3.8, 4) is 0 Å². The number of anilines is 1. The number of amides is 1. The molecular weight excluding hydrogens is 204 g/mol. The molecule has 5 heteroatoms. The summed E-state index contributed by atoms with van der Waals surface area (Å²) in [4.78, 5) is 16.7. The molecule has 0 aromatic carbocycles. The van der Waals surface area contributed by atoms with Crippen LogP contribution in [-0.2, 0) is 11.3 Å². The summed E-state index contributed by atoms with van der Waals surface area (Å²) >= 11 is 0. The average Bonchev–Trinajstić information content (AvgIpc) is 2.24. The van der Waals surface area contributed by atoms with Gasteiger partial charge < -0.3 is 16.0 Å². The molecule has 0 aliphatic carbocycles. The Morgan fingerprint density at radius 1 is 1.56 bits per heavy atom. The SMILES string of the molecule is CN(C)c1ccncc1CNCCC(N)=O. The molecule has 16 heavy (non-hydrogen) atoms. The van der Waals surface area contributed by atoms with Gasteiger partial charge in [-0.15, -0.1) is 0 Å². The zero-order chi connectivity index (χ0) is 12.0. The van der Waals surface area contributed by atoms with Crippen LogP contribution in [0.4, 0.5) is 5.69 Å². The van der Waals surface area contributed by atoms with Crippen LogP contribution in [0.25, 0.3) is 0 Å². The molecule has 0 spiro atoms. The highest BCUT2D eigenvalue weighted by Crippen LogP contribution is 2.15. The fourth-order valence-electron chi connectivity index (χ4n) is 1.43. The Morgan fingerprint density at radius 2 is 2.31 bits per heavy atom. The summed E-state index contributed by atoms with van der Waals surface area (Å²) in [6.45, 7) is 1.28. The highest BCUT2D eigenvalue weighted by molar-refractivity contribution is 5.73. The van der Waals surface area contributed by atoms with Crippen LogP contribution in [-0.4, -0.2) is 31.5 Å². The van der Waals surface area contributed by atoms with E-state index in [-0.39, 0.29) is 5.91 Å². The molecule has 0 fully saturated rings. The third kappa shape index (κ3) is 3.86. The van der Waals surface area contributed by atoms with E-state index in [4.69, 9.17) is 5.73 Å². The van der Waals surface area contributed by atoms with E-state index in [0.717, 1.165) is 11.3 Å². The first-order valence-corrected chi connectivity index (χ1v) is 5.20. The van der Waals surface area contributed by atoms with Gasteiger partial charge in [0.1, 0.15) is 0 Å². The summed E-state index contributed by atoms with van der Waals surface area (Å²) in [7, 11) is 3.98. The zero-order valence-corrected chi connectivity index (χ0v) is 9.73. The highest BCUT2D eigenvalue weighted by Gasteiger charge is 2.03. The second kappa shape index (κ2) is 6.07.